The maximum atomic E-state index is 15.0. The zero-order chi connectivity index (χ0) is 20.8. The van der Waals surface area contributed by atoms with Crippen molar-refractivity contribution in [3.8, 4) is 22.3 Å². The Labute approximate surface area is 170 Å². The van der Waals surface area contributed by atoms with Crippen molar-refractivity contribution in [3.05, 3.63) is 95.8 Å². The van der Waals surface area contributed by atoms with Crippen molar-refractivity contribution >= 4 is 5.78 Å². The van der Waals surface area contributed by atoms with E-state index in [0.717, 1.165) is 16.7 Å². The average Bonchev–Trinajstić information content (AvgIpc) is 2.74. The zero-order valence-electron chi connectivity index (χ0n) is 16.3. The number of ketones is 1. The van der Waals surface area contributed by atoms with Gasteiger partial charge in [0.2, 0.25) is 0 Å². The molecule has 0 unspecified atom stereocenters. The van der Waals surface area contributed by atoms with Gasteiger partial charge < -0.3 is 9.84 Å². The Morgan fingerprint density at radius 2 is 1.72 bits per heavy atom. The zero-order valence-corrected chi connectivity index (χ0v) is 16.3. The van der Waals surface area contributed by atoms with Crippen LogP contribution in [0.3, 0.4) is 0 Å². The van der Waals surface area contributed by atoms with Gasteiger partial charge in [0.1, 0.15) is 12.4 Å². The quantitative estimate of drug-likeness (QED) is 0.536. The van der Waals surface area contributed by atoms with Crippen molar-refractivity contribution in [2.24, 2.45) is 0 Å². The van der Waals surface area contributed by atoms with Crippen molar-refractivity contribution in [3.63, 3.8) is 0 Å². The third-order valence-corrected chi connectivity index (χ3v) is 4.73. The van der Waals surface area contributed by atoms with Gasteiger partial charge in [0.15, 0.2) is 5.78 Å². The number of carbonyl (C=O) groups excluding carboxylic acids is 1. The topological polar surface area (TPSA) is 46.5 Å². The second kappa shape index (κ2) is 9.41. The van der Waals surface area contributed by atoms with E-state index in [1.165, 1.54) is 12.1 Å². The summed E-state index contributed by atoms with van der Waals surface area (Å²) in [6.07, 6.45) is 1.20. The van der Waals surface area contributed by atoms with Gasteiger partial charge in [-0.1, -0.05) is 66.7 Å². The molecule has 3 rings (SSSR count). The average molecular weight is 390 g/mol. The van der Waals surface area contributed by atoms with Gasteiger partial charge in [-0.05, 0) is 46.9 Å². The van der Waals surface area contributed by atoms with Gasteiger partial charge in [-0.25, -0.2) is 4.39 Å². The van der Waals surface area contributed by atoms with Gasteiger partial charge in [0.25, 0.3) is 0 Å². The number of aliphatic hydroxyl groups is 1. The molecule has 0 aliphatic carbocycles. The first-order valence-corrected chi connectivity index (χ1v) is 9.34. The van der Waals surface area contributed by atoms with Crippen molar-refractivity contribution < 1.29 is 19.0 Å². The van der Waals surface area contributed by atoms with Crippen LogP contribution in [0.15, 0.2) is 73.3 Å². The van der Waals surface area contributed by atoms with E-state index in [1.54, 1.807) is 24.3 Å². The Balaban J connectivity index is 1.93. The van der Waals surface area contributed by atoms with Crippen LogP contribution in [-0.4, -0.2) is 17.5 Å². The number of aliphatic hydroxyl groups excluding tert-OH is 1. The second-order valence-corrected chi connectivity index (χ2v) is 6.87. The molecule has 0 saturated carbocycles. The summed E-state index contributed by atoms with van der Waals surface area (Å²) in [5, 5.41) is 9.43. The first-order valence-electron chi connectivity index (χ1n) is 9.34. The van der Waals surface area contributed by atoms with Crippen LogP contribution in [0, 0.1) is 12.7 Å². The summed E-state index contributed by atoms with van der Waals surface area (Å²) in [4.78, 5) is 11.4. The lowest BCUT2D eigenvalue weighted by atomic mass is 9.95. The summed E-state index contributed by atoms with van der Waals surface area (Å²) in [5.41, 5.74) is 5.40. The molecule has 0 heterocycles. The highest BCUT2D eigenvalue weighted by molar-refractivity contribution is 5.90. The molecule has 148 valence electrons. The Bertz CT molecular complexity index is 1020. The van der Waals surface area contributed by atoms with Gasteiger partial charge in [-0.3, -0.25) is 4.79 Å². The fraction of sp³-hybridized carbons (Fsp3) is 0.160. The number of rotatable bonds is 8. The van der Waals surface area contributed by atoms with Gasteiger partial charge in [-0.2, -0.15) is 0 Å². The molecule has 0 atom stereocenters. The second-order valence-electron chi connectivity index (χ2n) is 6.87. The van der Waals surface area contributed by atoms with E-state index >= 15 is 4.39 Å². The van der Waals surface area contributed by atoms with Gasteiger partial charge >= 0.3 is 0 Å². The number of benzene rings is 3. The van der Waals surface area contributed by atoms with Crippen LogP contribution >= 0.6 is 0 Å². The van der Waals surface area contributed by atoms with Crippen LogP contribution in [0.1, 0.15) is 16.7 Å². The number of hydrogen-bond acceptors (Lipinski definition) is 3. The normalized spacial score (nSPS) is 10.7. The molecular formula is C25H23FO3. The number of carbonyl (C=O) groups is 1. The molecule has 3 aromatic carbocycles. The highest BCUT2D eigenvalue weighted by Gasteiger charge is 2.13. The van der Waals surface area contributed by atoms with Crippen LogP contribution in [0.25, 0.3) is 22.3 Å². The summed E-state index contributed by atoms with van der Waals surface area (Å²) in [6.45, 7) is 5.33. The largest absolute Gasteiger partial charge is 0.392 e. The van der Waals surface area contributed by atoms with Crippen molar-refractivity contribution in [1.82, 2.24) is 0 Å². The monoisotopic (exact) mass is 390 g/mol. The number of aryl methyl sites for hydroxylation is 1. The Kier molecular flexibility index (Phi) is 6.70. The third kappa shape index (κ3) is 5.05. The van der Waals surface area contributed by atoms with Crippen LogP contribution in [0.5, 0.6) is 0 Å². The van der Waals surface area contributed by atoms with E-state index in [4.69, 9.17) is 4.74 Å². The Morgan fingerprint density at radius 3 is 2.38 bits per heavy atom. The number of halogens is 1. The highest BCUT2D eigenvalue weighted by atomic mass is 19.1. The predicted octanol–water partition coefficient (Wildman–Crippen LogP) is 5.23. The minimum absolute atomic E-state index is 0.0961. The lowest BCUT2D eigenvalue weighted by Crippen LogP contribution is -2.06. The highest BCUT2D eigenvalue weighted by Crippen LogP contribution is 2.31. The van der Waals surface area contributed by atoms with Gasteiger partial charge in [0.05, 0.1) is 13.2 Å². The van der Waals surface area contributed by atoms with E-state index in [2.05, 4.69) is 6.58 Å². The summed E-state index contributed by atoms with van der Waals surface area (Å²) in [7, 11) is 0. The molecule has 3 aromatic rings. The molecule has 0 aliphatic heterocycles. The van der Waals surface area contributed by atoms with Gasteiger partial charge in [-0.15, -0.1) is 0 Å². The predicted molar refractivity (Wildman–Crippen MR) is 113 cm³/mol. The molecule has 3 nitrogen and oxygen atoms in total. The third-order valence-electron chi connectivity index (χ3n) is 4.73. The molecule has 1 N–H and O–H groups in total. The van der Waals surface area contributed by atoms with Crippen molar-refractivity contribution in [1.29, 1.82) is 0 Å². The van der Waals surface area contributed by atoms with Crippen LogP contribution in [0.2, 0.25) is 0 Å². The van der Waals surface area contributed by atoms with Crippen molar-refractivity contribution in [2.75, 3.05) is 6.61 Å². The maximum Gasteiger partial charge on any atom is 0.180 e. The molecule has 0 aromatic heterocycles. The first kappa shape index (κ1) is 20.6. The molecule has 0 radical (unpaired) electrons. The minimum atomic E-state index is -0.344. The summed E-state index contributed by atoms with van der Waals surface area (Å²) in [5.74, 6) is -0.568. The molecular weight excluding hydrogens is 367 g/mol. The van der Waals surface area contributed by atoms with Gasteiger partial charge in [0, 0.05) is 5.56 Å². The fourth-order valence-corrected chi connectivity index (χ4v) is 3.11. The molecule has 0 bridgehead atoms. The van der Waals surface area contributed by atoms with E-state index < -0.39 is 0 Å². The molecule has 0 amide bonds. The van der Waals surface area contributed by atoms with Crippen LogP contribution in [0.4, 0.5) is 4.39 Å². The minimum Gasteiger partial charge on any atom is -0.392 e. The fourth-order valence-electron chi connectivity index (χ4n) is 3.11. The van der Waals surface area contributed by atoms with E-state index in [-0.39, 0.29) is 31.4 Å². The lowest BCUT2D eigenvalue weighted by Gasteiger charge is -2.14. The smallest absolute Gasteiger partial charge is 0.180 e. The Morgan fingerprint density at radius 1 is 1.03 bits per heavy atom. The Hall–Kier alpha value is -3.08. The van der Waals surface area contributed by atoms with E-state index in [0.29, 0.717) is 22.3 Å². The molecule has 4 heteroatoms. The van der Waals surface area contributed by atoms with Crippen molar-refractivity contribution in [2.45, 2.75) is 20.1 Å². The SMILES string of the molecule is C=CC(=O)COCc1cc(CO)ccc1-c1ccc(-c2ccc(C)cc2)cc1F. The lowest BCUT2D eigenvalue weighted by molar-refractivity contribution is -0.119. The molecule has 0 spiro atoms. The van der Waals surface area contributed by atoms with Crippen LogP contribution < -0.4 is 0 Å². The van der Waals surface area contributed by atoms with E-state index in [9.17, 15) is 9.90 Å². The molecule has 0 aliphatic rings. The number of ether oxygens (including phenoxy) is 1. The summed E-state index contributed by atoms with van der Waals surface area (Å²) < 4.78 is 20.5. The number of hydrogen-bond donors (Lipinski definition) is 1. The van der Waals surface area contributed by atoms with E-state index in [1.807, 2.05) is 37.3 Å². The molecule has 29 heavy (non-hydrogen) atoms. The summed E-state index contributed by atoms with van der Waals surface area (Å²) in [6, 6.07) is 18.4. The van der Waals surface area contributed by atoms with Crippen LogP contribution in [-0.2, 0) is 22.7 Å². The first-order chi connectivity index (χ1) is 14.0. The summed E-state index contributed by atoms with van der Waals surface area (Å²) >= 11 is 0. The standard InChI is InChI=1S/C25H23FO3/c1-3-22(28)16-29-15-21-12-18(14-27)6-10-23(21)24-11-9-20(13-25(24)26)19-7-4-17(2)5-8-19/h3-13,27H,1,14-16H2,2H3. The molecule has 0 saturated heterocycles. The molecule has 0 fully saturated rings. The maximum absolute atomic E-state index is 15.0.